The minimum atomic E-state index is 0. The Morgan fingerprint density at radius 1 is 1.08 bits per heavy atom. The van der Waals surface area contributed by atoms with Crippen molar-refractivity contribution >= 4 is 12.4 Å². The van der Waals surface area contributed by atoms with Crippen LogP contribution in [0.25, 0.3) is 0 Å². The first-order chi connectivity index (χ1) is 5.15. The van der Waals surface area contributed by atoms with Crippen molar-refractivity contribution in [2.24, 2.45) is 0 Å². The van der Waals surface area contributed by atoms with E-state index in [0.717, 1.165) is 0 Å². The molecule has 0 aliphatic heterocycles. The molecule has 12 heavy (non-hydrogen) atoms. The van der Waals surface area contributed by atoms with Crippen molar-refractivity contribution in [3.63, 3.8) is 0 Å². The van der Waals surface area contributed by atoms with Crippen LogP contribution < -0.4 is 0 Å². The van der Waals surface area contributed by atoms with Gasteiger partial charge >= 0.3 is 78.5 Å². The van der Waals surface area contributed by atoms with Crippen LogP contribution in [0, 0.1) is 20.8 Å². The summed E-state index contributed by atoms with van der Waals surface area (Å²) >= 11 is 1.37. The van der Waals surface area contributed by atoms with Gasteiger partial charge in [0.05, 0.1) is 0 Å². The first kappa shape index (κ1) is 12.1. The van der Waals surface area contributed by atoms with Gasteiger partial charge in [0.15, 0.2) is 0 Å². The second kappa shape index (κ2) is 4.99. The largest absolute Gasteiger partial charge is 0.147 e. The van der Waals surface area contributed by atoms with Crippen molar-refractivity contribution in [2.45, 2.75) is 25.8 Å². The van der Waals surface area contributed by atoms with Gasteiger partial charge in [0.1, 0.15) is 0 Å². The zero-order valence-electron chi connectivity index (χ0n) is 7.98. The van der Waals surface area contributed by atoms with E-state index in [1.807, 2.05) is 0 Å². The molecule has 0 atom stereocenters. The van der Waals surface area contributed by atoms with Crippen LogP contribution in [0.2, 0.25) is 0 Å². The van der Waals surface area contributed by atoms with Gasteiger partial charge in [-0.3, -0.25) is 0 Å². The number of hydrogen-bond acceptors (Lipinski definition) is 0. The van der Waals surface area contributed by atoms with E-state index >= 15 is 0 Å². The van der Waals surface area contributed by atoms with Crippen molar-refractivity contribution in [3.05, 3.63) is 34.4 Å². The summed E-state index contributed by atoms with van der Waals surface area (Å²) in [4.78, 5) is 0. The van der Waals surface area contributed by atoms with Crippen LogP contribution in [0.5, 0.6) is 0 Å². The molecule has 0 aromatic heterocycles. The summed E-state index contributed by atoms with van der Waals surface area (Å²) in [5.41, 5.74) is 5.88. The zero-order chi connectivity index (χ0) is 8.43. The summed E-state index contributed by atoms with van der Waals surface area (Å²) in [6.45, 7) is 6.59. The van der Waals surface area contributed by atoms with Crippen molar-refractivity contribution in [2.75, 3.05) is 0 Å². The average Bonchev–Trinajstić information content (AvgIpc) is 1.85. The van der Waals surface area contributed by atoms with Crippen LogP contribution in [-0.4, -0.2) is 0 Å². The summed E-state index contributed by atoms with van der Waals surface area (Å²) in [5, 5.41) is 1.28. The van der Waals surface area contributed by atoms with Crippen LogP contribution in [0.4, 0.5) is 0 Å². The first-order valence-corrected chi connectivity index (χ1v) is 6.11. The Morgan fingerprint density at radius 3 is 1.83 bits per heavy atom. The van der Waals surface area contributed by atoms with Gasteiger partial charge < -0.3 is 0 Å². The predicted octanol–water partition coefficient (Wildman–Crippen LogP) is 3.08. The van der Waals surface area contributed by atoms with E-state index in [1.54, 1.807) is 5.56 Å². The molecule has 0 aliphatic rings. The maximum absolute atomic E-state index is 2.28. The molecule has 0 saturated carbocycles. The number of halogens is 1. The van der Waals surface area contributed by atoms with Gasteiger partial charge in [0, 0.05) is 0 Å². The van der Waals surface area contributed by atoms with Crippen molar-refractivity contribution in [1.29, 1.82) is 0 Å². The number of rotatable bonds is 1. The zero-order valence-corrected chi connectivity index (χ0v) is 11.8. The number of benzene rings is 1. The van der Waals surface area contributed by atoms with E-state index < -0.39 is 0 Å². The molecule has 63 valence electrons. The Kier molecular flexibility index (Phi) is 5.05. The van der Waals surface area contributed by atoms with Gasteiger partial charge in [0.25, 0.3) is 0 Å². The van der Waals surface area contributed by atoms with E-state index in [9.17, 15) is 0 Å². The smallest absolute Gasteiger partial charge is 0.147 e. The number of aryl methyl sites for hydroxylation is 3. The molecule has 0 heterocycles. The minimum absolute atomic E-state index is 0. The fraction of sp³-hybridized carbons (Fsp3) is 0.400. The van der Waals surface area contributed by atoms with Gasteiger partial charge in [-0.15, -0.1) is 12.4 Å². The molecule has 2 heteroatoms. The van der Waals surface area contributed by atoms with E-state index in [0.29, 0.717) is 0 Å². The first-order valence-electron chi connectivity index (χ1n) is 4.01. The van der Waals surface area contributed by atoms with Gasteiger partial charge in [-0.1, -0.05) is 0 Å². The Balaban J connectivity index is 0.00000121. The van der Waals surface area contributed by atoms with Gasteiger partial charge in [-0.2, -0.15) is 0 Å². The summed E-state index contributed by atoms with van der Waals surface area (Å²) in [5.74, 6) is 0. The Labute approximate surface area is 90.8 Å². The molecule has 0 fully saturated rings. The van der Waals surface area contributed by atoms with Crippen molar-refractivity contribution < 1.29 is 18.3 Å². The molecule has 1 aromatic carbocycles. The molecule has 0 aliphatic carbocycles. The van der Waals surface area contributed by atoms with E-state index in [-0.39, 0.29) is 12.4 Å². The number of hydrogen-bond donors (Lipinski definition) is 0. The summed E-state index contributed by atoms with van der Waals surface area (Å²) in [7, 11) is 0. The quantitative estimate of drug-likeness (QED) is 0.656. The fourth-order valence-corrected chi connectivity index (χ4v) is 3.26. The molecule has 0 amide bonds. The molecule has 0 spiro atoms. The van der Waals surface area contributed by atoms with Gasteiger partial charge in [0.2, 0.25) is 0 Å². The third-order valence-electron chi connectivity index (χ3n) is 2.09. The molecular formula is C10H14ClZn. The topological polar surface area (TPSA) is 0 Å². The third kappa shape index (κ3) is 2.57. The van der Waals surface area contributed by atoms with Crippen LogP contribution in [0.15, 0.2) is 12.1 Å². The van der Waals surface area contributed by atoms with E-state index in [2.05, 4.69) is 32.9 Å². The maximum Gasteiger partial charge on any atom is -0.147 e. The monoisotopic (exact) mass is 233 g/mol. The Bertz CT molecular complexity index is 246. The SMILES string of the molecule is Cc1cc(C)c([CH2][Zn])c(C)c1.Cl. The summed E-state index contributed by atoms with van der Waals surface area (Å²) in [6, 6.07) is 4.55. The van der Waals surface area contributed by atoms with Crippen LogP contribution in [0.1, 0.15) is 22.3 Å². The van der Waals surface area contributed by atoms with Gasteiger partial charge in [-0.05, 0) is 0 Å². The molecule has 0 radical (unpaired) electrons. The van der Waals surface area contributed by atoms with E-state index in [4.69, 9.17) is 0 Å². The molecule has 0 bridgehead atoms. The second-order valence-electron chi connectivity index (χ2n) is 3.13. The second-order valence-corrected chi connectivity index (χ2v) is 4.18. The maximum atomic E-state index is 2.28. The minimum Gasteiger partial charge on any atom is -0.147 e. The normalized spacial score (nSPS) is 9.42. The van der Waals surface area contributed by atoms with E-state index in [1.165, 1.54) is 40.0 Å². The Hall–Kier alpha value is 0.133. The molecule has 0 unspecified atom stereocenters. The van der Waals surface area contributed by atoms with Gasteiger partial charge in [-0.25, -0.2) is 0 Å². The summed E-state index contributed by atoms with van der Waals surface area (Å²) < 4.78 is 0. The Morgan fingerprint density at radius 2 is 1.50 bits per heavy atom. The molecule has 0 nitrogen and oxygen atoms in total. The average molecular weight is 235 g/mol. The predicted molar refractivity (Wildman–Crippen MR) is 51.6 cm³/mol. The molecule has 1 aromatic rings. The standard InChI is InChI=1S/C10H13.ClH.Zn/c1-7-5-8(2)10(4)9(3)6-7;;/h5-6H,4H2,1-3H3;1H;. The van der Waals surface area contributed by atoms with Crippen LogP contribution >= 0.6 is 12.4 Å². The molecule has 0 N–H and O–H groups in total. The van der Waals surface area contributed by atoms with Crippen LogP contribution in [0.3, 0.4) is 0 Å². The van der Waals surface area contributed by atoms with Crippen LogP contribution in [-0.2, 0) is 23.3 Å². The van der Waals surface area contributed by atoms with Crippen molar-refractivity contribution in [3.8, 4) is 0 Å². The third-order valence-corrected chi connectivity index (χ3v) is 3.14. The molecular weight excluding hydrogens is 221 g/mol. The molecule has 1 rings (SSSR count). The fourth-order valence-electron chi connectivity index (χ4n) is 1.60. The van der Waals surface area contributed by atoms with Crippen molar-refractivity contribution in [1.82, 2.24) is 0 Å². The molecule has 0 saturated heterocycles. The summed E-state index contributed by atoms with van der Waals surface area (Å²) in [6.07, 6.45) is 0.